The topological polar surface area (TPSA) is 99.7 Å². The van der Waals surface area contributed by atoms with E-state index in [1.54, 1.807) is 0 Å². The Morgan fingerprint density at radius 2 is 0.577 bits per heavy atom. The highest BCUT2D eigenvalue weighted by Gasteiger charge is 2.27. The third kappa shape index (κ3) is 20.4. The van der Waals surface area contributed by atoms with Gasteiger partial charge in [0.15, 0.2) is 0 Å². The largest absolute Gasteiger partial charge is 0.379 e. The minimum absolute atomic E-state index is 0.0544. The van der Waals surface area contributed by atoms with E-state index in [1.807, 2.05) is 0 Å². The van der Waals surface area contributed by atoms with Crippen LogP contribution in [-0.4, -0.2) is 19.9 Å². The van der Waals surface area contributed by atoms with Crippen LogP contribution >= 0.6 is 0 Å². The lowest BCUT2D eigenvalue weighted by molar-refractivity contribution is 0.864. The summed E-state index contributed by atoms with van der Waals surface area (Å²) < 4.78 is 0. The molecule has 0 aliphatic heterocycles. The lowest BCUT2D eigenvalue weighted by Gasteiger charge is -2.26. The van der Waals surface area contributed by atoms with E-state index < -0.39 is 0 Å². The number of benzene rings is 19. The third-order valence-electron chi connectivity index (χ3n) is 27.3. The van der Waals surface area contributed by atoms with Crippen LogP contribution in [0.2, 0.25) is 0 Å². The van der Waals surface area contributed by atoms with Gasteiger partial charge in [-0.2, -0.15) is 0 Å². The van der Waals surface area contributed by atoms with E-state index in [0.29, 0.717) is 12.5 Å². The van der Waals surface area contributed by atoms with Gasteiger partial charge in [-0.05, 0) is 252 Å². The molecule has 23 rings (SSSR count). The Kier molecular flexibility index (Phi) is 27.6. The molecule has 0 aliphatic carbocycles. The fourth-order valence-corrected chi connectivity index (χ4v) is 20.4. The molecule has 8 heteroatoms. The lowest BCUT2D eigenvalue weighted by atomic mass is 9.89. The SMILES string of the molecule is CC(C)c1ccc(NC(c2cccc(-c3cccc4ccccc34)n2)c2ccccc2-c2ccccc2)cc1.Cc1cc(C)c(NC(c2ccccc2)c2cccc(-c3cccc4ccccc34)n2)c(C)c1.Cc1cc(C)c(NCc2cccc(-c3cccc4ccccc34)n2)c(C)c1.Cc1ccc2ccccc2c1NC(c1cccc(-c2cccc3ccccc23)n1)c1c2ccccc2cc2ccccc12. The van der Waals surface area contributed by atoms with Crippen LogP contribution in [0, 0.1) is 48.5 Å². The van der Waals surface area contributed by atoms with Crippen molar-refractivity contribution in [3.05, 3.63) is 551 Å². The van der Waals surface area contributed by atoms with Crippen LogP contribution in [0.15, 0.2) is 467 Å². The van der Waals surface area contributed by atoms with Gasteiger partial charge in [0.05, 0.1) is 70.2 Å². The number of anilines is 4. The summed E-state index contributed by atoms with van der Waals surface area (Å²) in [6, 6.07) is 165. The molecule has 19 aromatic carbocycles. The summed E-state index contributed by atoms with van der Waals surface area (Å²) in [6.45, 7) is 20.3. The minimum atomic E-state index is -0.199. The minimum Gasteiger partial charge on any atom is -0.379 e. The predicted octanol–water partition coefficient (Wildman–Crippen LogP) is 35.2. The summed E-state index contributed by atoms with van der Waals surface area (Å²) in [4.78, 5) is 20.8. The Balaban J connectivity index is 0.000000117. The highest BCUT2D eigenvalue weighted by molar-refractivity contribution is 6.05. The molecule has 3 atom stereocenters. The van der Waals surface area contributed by atoms with Crippen molar-refractivity contribution in [3.63, 3.8) is 0 Å². The van der Waals surface area contributed by atoms with E-state index in [0.717, 1.165) is 73.6 Å². The quantitative estimate of drug-likeness (QED) is 0.0528. The summed E-state index contributed by atoms with van der Waals surface area (Å²) in [5.74, 6) is 0.493. The fraction of sp³-hybridized carbons (Fsp3) is 0.104. The summed E-state index contributed by atoms with van der Waals surface area (Å²) >= 11 is 0. The van der Waals surface area contributed by atoms with Crippen molar-refractivity contribution in [1.29, 1.82) is 0 Å². The van der Waals surface area contributed by atoms with Crippen LogP contribution in [0.5, 0.6) is 0 Å². The molecule has 0 spiro atoms. The van der Waals surface area contributed by atoms with E-state index in [9.17, 15) is 0 Å². The number of nitrogens with zero attached hydrogens (tertiary/aromatic N) is 4. The Morgan fingerprint density at radius 3 is 1.05 bits per heavy atom. The van der Waals surface area contributed by atoms with Crippen LogP contribution < -0.4 is 21.3 Å². The smallest absolute Gasteiger partial charge is 0.0952 e. The van der Waals surface area contributed by atoms with E-state index in [2.05, 4.69) is 551 Å². The number of nitrogens with one attached hydrogen (secondary N) is 4. The van der Waals surface area contributed by atoms with Gasteiger partial charge in [-0.15, -0.1) is 0 Å². The van der Waals surface area contributed by atoms with Crippen molar-refractivity contribution in [2.24, 2.45) is 0 Å². The van der Waals surface area contributed by atoms with Gasteiger partial charge in [-0.1, -0.05) is 425 Å². The molecule has 0 saturated carbocycles. The standard InChI is InChI=1S/C41H30N2.C37H32N2.C31H28N2.C25H24N2/c1-27-24-25-29-13-3-9-20-35(29)40(27)43-41(39-33-18-7-4-14-30(33)26-31-15-5-8-19-34(31)39)38-23-11-22-37(42-38)36-21-10-16-28-12-2-6-17-32(28)36;1-26(2)27-22-24-30(25-23-27)38-37(34-18-9-8-17-32(34)28-12-4-3-5-13-28)36-21-11-20-35(39-36)33-19-10-15-29-14-6-7-16-31(29)33;1-21-19-22(2)30(23(3)20-21)33-31(25-12-5-4-6-13-25)29-18-10-17-28(32-29)27-16-9-14-24-11-7-8-15-26(24)27;1-17-14-18(2)25(19(3)15-17)26-16-21-10-7-13-24(27-21)23-12-6-9-20-8-4-5-11-22(20)23/h2-26,41,43H,1H3;3-26,37-38H,1-2H3;4-20,31,33H,1-3H3;4-15,26H,16H2,1-3H3. The van der Waals surface area contributed by atoms with Gasteiger partial charge >= 0.3 is 0 Å². The number of pyridine rings is 4. The predicted molar refractivity (Wildman–Crippen MR) is 603 cm³/mol. The Bertz CT molecular complexity index is 8360. The molecule has 23 aromatic rings. The van der Waals surface area contributed by atoms with Crippen molar-refractivity contribution in [2.45, 2.75) is 92.9 Å². The van der Waals surface area contributed by atoms with Gasteiger partial charge in [0.2, 0.25) is 0 Å². The van der Waals surface area contributed by atoms with Crippen LogP contribution in [-0.2, 0) is 6.54 Å². The maximum atomic E-state index is 5.43. The number of hydrogen-bond acceptors (Lipinski definition) is 8. The zero-order valence-electron chi connectivity index (χ0n) is 81.8. The lowest BCUT2D eigenvalue weighted by Crippen LogP contribution is -2.16. The van der Waals surface area contributed by atoms with E-state index in [1.165, 1.54) is 165 Å². The first-order valence-electron chi connectivity index (χ1n) is 49.3. The monoisotopic (exact) mass is 1830 g/mol. The van der Waals surface area contributed by atoms with Crippen molar-refractivity contribution >= 4 is 98.2 Å². The first-order chi connectivity index (χ1) is 69.6. The van der Waals surface area contributed by atoms with Gasteiger partial charge in [0.25, 0.3) is 0 Å². The normalized spacial score (nSPS) is 11.8. The van der Waals surface area contributed by atoms with E-state index in [-0.39, 0.29) is 18.1 Å². The molecule has 0 amide bonds. The number of aryl methyl sites for hydroxylation is 7. The fourth-order valence-electron chi connectivity index (χ4n) is 20.4. The third-order valence-corrected chi connectivity index (χ3v) is 27.3. The highest BCUT2D eigenvalue weighted by Crippen LogP contribution is 2.44. The van der Waals surface area contributed by atoms with Gasteiger partial charge < -0.3 is 21.3 Å². The van der Waals surface area contributed by atoms with Gasteiger partial charge in [0.1, 0.15) is 0 Å². The molecule has 3 unspecified atom stereocenters. The van der Waals surface area contributed by atoms with Crippen molar-refractivity contribution < 1.29 is 0 Å². The van der Waals surface area contributed by atoms with Crippen LogP contribution in [0.3, 0.4) is 0 Å². The number of aromatic nitrogens is 4. The van der Waals surface area contributed by atoms with Crippen molar-refractivity contribution in [2.75, 3.05) is 21.3 Å². The first kappa shape index (κ1) is 92.5. The van der Waals surface area contributed by atoms with Crippen molar-refractivity contribution in [3.8, 4) is 56.2 Å². The van der Waals surface area contributed by atoms with Gasteiger partial charge in [-0.3, -0.25) is 19.9 Å². The maximum Gasteiger partial charge on any atom is 0.0952 e. The summed E-state index contributed by atoms with van der Waals surface area (Å²) in [7, 11) is 0. The molecule has 690 valence electrons. The first-order valence-corrected chi connectivity index (χ1v) is 49.3. The molecule has 4 heterocycles. The average molecular weight is 1840 g/mol. The van der Waals surface area contributed by atoms with Crippen LogP contribution in [0.25, 0.3) is 132 Å². The highest BCUT2D eigenvalue weighted by atomic mass is 15.0. The second-order valence-corrected chi connectivity index (χ2v) is 37.4. The molecule has 0 aliphatic rings. The Labute approximate surface area is 833 Å². The van der Waals surface area contributed by atoms with Crippen molar-refractivity contribution in [1.82, 2.24) is 19.9 Å². The number of fused-ring (bicyclic) bond motifs is 7. The Hall–Kier alpha value is -17.2. The second-order valence-electron chi connectivity index (χ2n) is 37.4. The molecule has 142 heavy (non-hydrogen) atoms. The van der Waals surface area contributed by atoms with Crippen LogP contribution in [0.4, 0.5) is 22.7 Å². The van der Waals surface area contributed by atoms with Gasteiger partial charge in [-0.25, -0.2) is 0 Å². The molecule has 8 nitrogen and oxygen atoms in total. The molecule has 4 N–H and O–H groups in total. The van der Waals surface area contributed by atoms with Crippen LogP contribution in [0.1, 0.15) is 122 Å². The van der Waals surface area contributed by atoms with E-state index >= 15 is 0 Å². The Morgan fingerprint density at radius 1 is 0.225 bits per heavy atom. The zero-order chi connectivity index (χ0) is 96.9. The molecular formula is C134H114N8. The van der Waals surface area contributed by atoms with E-state index in [4.69, 9.17) is 19.9 Å². The molecule has 0 saturated heterocycles. The molecule has 0 fully saturated rings. The number of rotatable bonds is 21. The molecule has 0 radical (unpaired) electrons. The zero-order valence-corrected chi connectivity index (χ0v) is 81.8. The molecule has 4 aromatic heterocycles. The van der Waals surface area contributed by atoms with Gasteiger partial charge in [0, 0.05) is 50.4 Å². The summed E-state index contributed by atoms with van der Waals surface area (Å²) in [6.07, 6.45) is 0. The average Bonchev–Trinajstić information content (AvgIpc) is 0.748. The molecule has 0 bridgehead atoms. The summed E-state index contributed by atoms with van der Waals surface area (Å²) in [5, 5.41) is 32.4. The molecular weight excluding hydrogens is 1720 g/mol. The summed E-state index contributed by atoms with van der Waals surface area (Å²) in [5.41, 5.74) is 33.4. The number of hydrogen-bond donors (Lipinski definition) is 4. The second kappa shape index (κ2) is 42.4. The maximum absolute atomic E-state index is 5.43.